The molecule has 0 amide bonds. The molecule has 16 heavy (non-hydrogen) atoms. The lowest BCUT2D eigenvalue weighted by molar-refractivity contribution is -0.134. The maximum Gasteiger partial charge on any atom is 0.300 e. The summed E-state index contributed by atoms with van der Waals surface area (Å²) in [6.45, 7) is 4.14. The van der Waals surface area contributed by atoms with Crippen molar-refractivity contribution in [2.45, 2.75) is 20.8 Å². The fourth-order valence-electron chi connectivity index (χ4n) is 0.452. The van der Waals surface area contributed by atoms with Crippen LogP contribution in [-0.2, 0) is 9.59 Å². The van der Waals surface area contributed by atoms with Crippen molar-refractivity contribution in [3.05, 3.63) is 27.8 Å². The van der Waals surface area contributed by atoms with Crippen molar-refractivity contribution in [3.63, 3.8) is 0 Å². The van der Waals surface area contributed by atoms with Gasteiger partial charge < -0.3 is 15.0 Å². The molecule has 0 aromatic heterocycles. The number of carboxylic acid groups (broad SMARTS) is 1. The summed E-state index contributed by atoms with van der Waals surface area (Å²) in [6, 6.07) is 7.22. The number of benzene rings is 1. The molecule has 0 spiro atoms. The topological polar surface area (TPSA) is 74.6 Å². The number of para-hydroxylation sites is 1. The van der Waals surface area contributed by atoms with Gasteiger partial charge in [0.1, 0.15) is 11.5 Å². The molecule has 0 bridgehead atoms. The molecule has 0 aliphatic heterocycles. The Morgan fingerprint density at radius 3 is 1.62 bits per heavy atom. The van der Waals surface area contributed by atoms with Gasteiger partial charge in [-0.15, -0.1) is 0 Å². The zero-order chi connectivity index (χ0) is 13.1. The Morgan fingerprint density at radius 2 is 1.44 bits per heavy atom. The van der Waals surface area contributed by atoms with E-state index < -0.39 is 5.97 Å². The van der Waals surface area contributed by atoms with E-state index in [1.165, 1.54) is 13.8 Å². The minimum Gasteiger partial charge on any atom is -0.507 e. The highest BCUT2D eigenvalue weighted by Gasteiger charge is 1.89. The van der Waals surface area contributed by atoms with Crippen LogP contribution in [0.15, 0.2) is 24.3 Å². The number of phenols is 1. The molecule has 0 heterocycles. The van der Waals surface area contributed by atoms with E-state index in [0.29, 0.717) is 5.75 Å². The molecule has 1 rings (SSSR count). The van der Waals surface area contributed by atoms with Crippen LogP contribution < -0.4 is 0 Å². The van der Waals surface area contributed by atoms with Gasteiger partial charge >= 0.3 is 0 Å². The quantitative estimate of drug-likeness (QED) is 0.714. The molecule has 4 nitrogen and oxygen atoms in total. The Balaban J connectivity index is 0. The van der Waals surface area contributed by atoms with Gasteiger partial charge in [-0.1, -0.05) is 12.1 Å². The van der Waals surface area contributed by atoms with Crippen molar-refractivity contribution >= 4 is 34.3 Å². The van der Waals surface area contributed by atoms with E-state index in [1.807, 2.05) is 12.1 Å². The van der Waals surface area contributed by atoms with Crippen LogP contribution in [0.3, 0.4) is 0 Å². The van der Waals surface area contributed by atoms with Gasteiger partial charge in [0.2, 0.25) is 0 Å². The second-order valence-electron chi connectivity index (χ2n) is 2.88. The van der Waals surface area contributed by atoms with Crippen LogP contribution >= 0.6 is 22.6 Å². The molecule has 0 unspecified atom stereocenters. The first-order valence-electron chi connectivity index (χ1n) is 4.37. The molecule has 90 valence electrons. The van der Waals surface area contributed by atoms with Gasteiger partial charge in [0.25, 0.3) is 5.97 Å². The van der Waals surface area contributed by atoms with Gasteiger partial charge in [0, 0.05) is 6.92 Å². The first-order chi connectivity index (χ1) is 7.27. The number of aromatic hydroxyl groups is 1. The van der Waals surface area contributed by atoms with Gasteiger partial charge in [-0.2, -0.15) is 0 Å². The average Bonchev–Trinajstić information content (AvgIpc) is 2.08. The van der Waals surface area contributed by atoms with Gasteiger partial charge in [0.05, 0.1) is 3.57 Å². The van der Waals surface area contributed by atoms with Crippen LogP contribution in [0.4, 0.5) is 0 Å². The van der Waals surface area contributed by atoms with E-state index in [9.17, 15) is 4.79 Å². The third-order valence-corrected chi connectivity index (χ3v) is 1.76. The molecule has 5 heteroatoms. The molecule has 0 aliphatic rings. The molecule has 2 N–H and O–H groups in total. The number of aliphatic carboxylic acids is 1. The molecule has 1 aromatic rings. The van der Waals surface area contributed by atoms with Crippen LogP contribution in [-0.4, -0.2) is 22.0 Å². The van der Waals surface area contributed by atoms with Crippen molar-refractivity contribution in [1.82, 2.24) is 0 Å². The number of hydrogen-bond donors (Lipinski definition) is 2. The van der Waals surface area contributed by atoms with Crippen molar-refractivity contribution in [2.75, 3.05) is 0 Å². The molecule has 0 fully saturated rings. The zero-order valence-electron chi connectivity index (χ0n) is 9.40. The second-order valence-corrected chi connectivity index (χ2v) is 4.04. The molecule has 0 saturated carbocycles. The first kappa shape index (κ1) is 17.3. The van der Waals surface area contributed by atoms with E-state index in [1.54, 1.807) is 12.1 Å². The van der Waals surface area contributed by atoms with Crippen molar-refractivity contribution in [2.24, 2.45) is 0 Å². The Hall–Kier alpha value is -1.11. The van der Waals surface area contributed by atoms with Crippen LogP contribution in [0, 0.1) is 3.57 Å². The molecule has 0 radical (unpaired) electrons. The highest BCUT2D eigenvalue weighted by atomic mass is 127. The Morgan fingerprint density at radius 1 is 1.12 bits per heavy atom. The van der Waals surface area contributed by atoms with Gasteiger partial charge in [-0.05, 0) is 48.6 Å². The van der Waals surface area contributed by atoms with Crippen molar-refractivity contribution in [1.29, 1.82) is 0 Å². The van der Waals surface area contributed by atoms with E-state index in [0.717, 1.165) is 10.5 Å². The van der Waals surface area contributed by atoms with E-state index in [-0.39, 0.29) is 5.78 Å². The van der Waals surface area contributed by atoms with Crippen molar-refractivity contribution < 1.29 is 19.8 Å². The van der Waals surface area contributed by atoms with Crippen molar-refractivity contribution in [3.8, 4) is 5.75 Å². The molecule has 0 aliphatic carbocycles. The van der Waals surface area contributed by atoms with E-state index in [4.69, 9.17) is 15.0 Å². The number of phenolic OH excluding ortho intramolecular Hbond substituents is 1. The van der Waals surface area contributed by atoms with Crippen LogP contribution in [0.2, 0.25) is 0 Å². The maximum atomic E-state index is 9.44. The Bertz CT molecular complexity index is 296. The van der Waals surface area contributed by atoms with E-state index >= 15 is 0 Å². The molecular weight excluding hydrogens is 323 g/mol. The fourth-order valence-corrected chi connectivity index (χ4v) is 0.839. The largest absolute Gasteiger partial charge is 0.507 e. The zero-order valence-corrected chi connectivity index (χ0v) is 11.6. The summed E-state index contributed by atoms with van der Waals surface area (Å²) in [5, 5.41) is 16.3. The van der Waals surface area contributed by atoms with Crippen LogP contribution in [0.1, 0.15) is 20.8 Å². The third kappa shape index (κ3) is 18.6. The highest BCUT2D eigenvalue weighted by Crippen LogP contribution is 2.16. The van der Waals surface area contributed by atoms with Gasteiger partial charge in [-0.3, -0.25) is 4.79 Å². The maximum absolute atomic E-state index is 9.44. The number of Topliss-reactive ketones (excluding diaryl/α,β-unsaturated/α-hetero) is 1. The fraction of sp³-hybridized carbons (Fsp3) is 0.273. The number of carbonyl (C=O) groups excluding carboxylic acids is 1. The number of carboxylic acids is 1. The minimum atomic E-state index is -0.833. The number of hydrogen-bond acceptors (Lipinski definition) is 3. The van der Waals surface area contributed by atoms with Crippen LogP contribution in [0.5, 0.6) is 5.75 Å². The lowest BCUT2D eigenvalue weighted by Gasteiger charge is -1.90. The standard InChI is InChI=1S/C6H5IO.C3H6O.C2H4O2/c7-5-3-1-2-4-6(5)8;1-3(2)4;1-2(3)4/h1-4,8H;1-2H3;1H3,(H,3,4). The van der Waals surface area contributed by atoms with E-state index in [2.05, 4.69) is 22.6 Å². The number of ketones is 1. The summed E-state index contributed by atoms with van der Waals surface area (Å²) in [4.78, 5) is 18.4. The predicted octanol–water partition coefficient (Wildman–Crippen LogP) is 2.68. The molecular formula is C11H15IO4. The monoisotopic (exact) mass is 338 g/mol. The smallest absolute Gasteiger partial charge is 0.300 e. The SMILES string of the molecule is CC(=O)O.CC(C)=O.Oc1ccccc1I. The third-order valence-electron chi connectivity index (χ3n) is 0.852. The lowest BCUT2D eigenvalue weighted by atomic mass is 10.3. The molecule has 1 aromatic carbocycles. The molecule has 0 saturated heterocycles. The Labute approximate surface area is 108 Å². The summed E-state index contributed by atoms with van der Waals surface area (Å²) in [7, 11) is 0. The number of rotatable bonds is 0. The lowest BCUT2D eigenvalue weighted by Crippen LogP contribution is -1.78. The summed E-state index contributed by atoms with van der Waals surface area (Å²) in [6.07, 6.45) is 0. The second kappa shape index (κ2) is 10.4. The molecule has 0 atom stereocenters. The first-order valence-corrected chi connectivity index (χ1v) is 5.45. The summed E-state index contributed by atoms with van der Waals surface area (Å²) in [5.74, 6) is -0.312. The van der Waals surface area contributed by atoms with Gasteiger partial charge in [0.15, 0.2) is 0 Å². The normalized spacial score (nSPS) is 7.75. The summed E-state index contributed by atoms with van der Waals surface area (Å²) in [5.41, 5.74) is 0. The summed E-state index contributed by atoms with van der Waals surface area (Å²) >= 11 is 2.07. The average molecular weight is 338 g/mol. The number of carbonyl (C=O) groups is 2. The summed E-state index contributed by atoms with van der Waals surface area (Å²) < 4.78 is 0.894. The highest BCUT2D eigenvalue weighted by molar-refractivity contribution is 14.1. The number of halogens is 1. The minimum absolute atomic E-state index is 0.167. The van der Waals surface area contributed by atoms with Gasteiger partial charge in [-0.25, -0.2) is 0 Å². The van der Waals surface area contributed by atoms with Crippen LogP contribution in [0.25, 0.3) is 0 Å². The predicted molar refractivity (Wildman–Crippen MR) is 70.5 cm³/mol. The Kier molecular flexibility index (Phi) is 11.2.